The molecule has 8 heteroatoms. The van der Waals surface area contributed by atoms with Crippen LogP contribution in [0.1, 0.15) is 62.4 Å². The van der Waals surface area contributed by atoms with E-state index in [1.807, 2.05) is 29.2 Å². The van der Waals surface area contributed by atoms with Crippen LogP contribution in [0.3, 0.4) is 0 Å². The summed E-state index contributed by atoms with van der Waals surface area (Å²) in [6, 6.07) is 8.36. The minimum atomic E-state index is -0.383. The van der Waals surface area contributed by atoms with Crippen molar-refractivity contribution in [3.05, 3.63) is 35.7 Å². The predicted octanol–water partition coefficient (Wildman–Crippen LogP) is 2.52. The van der Waals surface area contributed by atoms with Crippen LogP contribution >= 0.6 is 0 Å². The van der Waals surface area contributed by atoms with Gasteiger partial charge in [-0.15, -0.1) is 5.10 Å². The van der Waals surface area contributed by atoms with Gasteiger partial charge < -0.3 is 9.64 Å². The Kier molecular flexibility index (Phi) is 5.00. The number of carbonyl (C=O) groups excluding carboxylic acids is 1. The van der Waals surface area contributed by atoms with E-state index >= 15 is 0 Å². The number of rotatable bonds is 6. The van der Waals surface area contributed by atoms with Crippen LogP contribution in [0.15, 0.2) is 24.3 Å². The highest BCUT2D eigenvalue weighted by Crippen LogP contribution is 2.51. The molecule has 1 amide bonds. The summed E-state index contributed by atoms with van der Waals surface area (Å²) in [5.41, 5.74) is 0.362. The van der Waals surface area contributed by atoms with Crippen LogP contribution in [0.4, 0.5) is 0 Å². The lowest BCUT2D eigenvalue weighted by Gasteiger charge is -2.36. The van der Waals surface area contributed by atoms with Gasteiger partial charge in [-0.05, 0) is 74.3 Å². The molecule has 2 aromatic rings. The third kappa shape index (κ3) is 3.23. The van der Waals surface area contributed by atoms with Crippen LogP contribution in [-0.4, -0.2) is 70.2 Å². The van der Waals surface area contributed by atoms with Crippen LogP contribution in [0.25, 0.3) is 0 Å². The molecule has 1 aromatic heterocycles. The van der Waals surface area contributed by atoms with Crippen molar-refractivity contribution in [2.45, 2.75) is 61.9 Å². The average molecular weight is 425 g/mol. The molecule has 1 aliphatic heterocycles. The molecule has 0 N–H and O–H groups in total. The molecular formula is C23H32N6O2. The molecule has 3 fully saturated rings. The molecule has 3 aliphatic rings. The van der Waals surface area contributed by atoms with Gasteiger partial charge in [0.15, 0.2) is 5.82 Å². The first-order valence-electron chi connectivity index (χ1n) is 11.4. The van der Waals surface area contributed by atoms with E-state index in [0.29, 0.717) is 12.6 Å². The molecule has 0 radical (unpaired) electrons. The quantitative estimate of drug-likeness (QED) is 0.709. The lowest BCUT2D eigenvalue weighted by Crippen LogP contribution is -2.48. The number of methoxy groups -OCH3 is 1. The summed E-state index contributed by atoms with van der Waals surface area (Å²) in [5.74, 6) is 1.97. The van der Waals surface area contributed by atoms with Gasteiger partial charge in [-0.2, -0.15) is 0 Å². The van der Waals surface area contributed by atoms with Crippen molar-refractivity contribution in [2.24, 2.45) is 0 Å². The van der Waals surface area contributed by atoms with Gasteiger partial charge in [0, 0.05) is 13.1 Å². The lowest BCUT2D eigenvalue weighted by atomic mass is 9.93. The van der Waals surface area contributed by atoms with Crippen LogP contribution in [-0.2, 0) is 15.7 Å². The van der Waals surface area contributed by atoms with E-state index in [9.17, 15) is 4.79 Å². The summed E-state index contributed by atoms with van der Waals surface area (Å²) >= 11 is 0. The van der Waals surface area contributed by atoms with E-state index in [-0.39, 0.29) is 16.9 Å². The molecule has 2 saturated carbocycles. The van der Waals surface area contributed by atoms with E-state index in [1.165, 1.54) is 12.8 Å². The summed E-state index contributed by atoms with van der Waals surface area (Å²) < 4.78 is 7.34. The third-order valence-electron chi connectivity index (χ3n) is 7.77. The molecule has 1 aromatic carbocycles. The number of aromatic nitrogens is 4. The zero-order valence-electron chi connectivity index (χ0n) is 18.8. The van der Waals surface area contributed by atoms with Crippen LogP contribution in [0.2, 0.25) is 0 Å². The molecule has 166 valence electrons. The van der Waals surface area contributed by atoms with Crippen molar-refractivity contribution in [1.82, 2.24) is 30.0 Å². The number of likely N-dealkylation sites (tertiary alicyclic amines) is 1. The molecule has 0 bridgehead atoms. The van der Waals surface area contributed by atoms with E-state index in [0.717, 1.165) is 55.8 Å². The van der Waals surface area contributed by atoms with Gasteiger partial charge in [0.2, 0.25) is 5.91 Å². The summed E-state index contributed by atoms with van der Waals surface area (Å²) in [6.07, 6.45) is 7.38. The predicted molar refractivity (Wildman–Crippen MR) is 116 cm³/mol. The number of hydrogen-bond acceptors (Lipinski definition) is 6. The Balaban J connectivity index is 1.41. The Morgan fingerprint density at radius 1 is 1.13 bits per heavy atom. The van der Waals surface area contributed by atoms with Crippen molar-refractivity contribution < 1.29 is 9.53 Å². The number of carbonyl (C=O) groups is 1. The molecule has 1 saturated heterocycles. The molecule has 2 heterocycles. The first-order chi connectivity index (χ1) is 15.0. The fourth-order valence-electron chi connectivity index (χ4n) is 5.57. The van der Waals surface area contributed by atoms with Gasteiger partial charge in [0.25, 0.3) is 0 Å². The molecule has 1 unspecified atom stereocenters. The maximum atomic E-state index is 13.7. The zero-order chi connectivity index (χ0) is 21.6. The standard InChI is InChI=1S/C23H32N6O2/c1-27(2)23(20-24-25-26-29(20)18-6-4-5-7-18)14-15-28(16-23)21(30)22(12-13-22)17-8-10-19(31-3)11-9-17/h8-11,18H,4-7,12-16H2,1-3H3. The third-order valence-corrected chi connectivity index (χ3v) is 7.77. The van der Waals surface area contributed by atoms with Gasteiger partial charge in [-0.3, -0.25) is 9.69 Å². The maximum Gasteiger partial charge on any atom is 0.233 e. The van der Waals surface area contributed by atoms with Crippen molar-refractivity contribution in [1.29, 1.82) is 0 Å². The Morgan fingerprint density at radius 2 is 1.84 bits per heavy atom. The first-order valence-corrected chi connectivity index (χ1v) is 11.4. The monoisotopic (exact) mass is 424 g/mol. The molecular weight excluding hydrogens is 392 g/mol. The van der Waals surface area contributed by atoms with Gasteiger partial charge in [-0.25, -0.2) is 4.68 Å². The summed E-state index contributed by atoms with van der Waals surface area (Å²) in [4.78, 5) is 18.0. The number of benzene rings is 1. The maximum absolute atomic E-state index is 13.7. The van der Waals surface area contributed by atoms with Gasteiger partial charge >= 0.3 is 0 Å². The Hall–Kier alpha value is -2.48. The minimum absolute atomic E-state index is 0.237. The van der Waals surface area contributed by atoms with Crippen molar-refractivity contribution in [3.8, 4) is 5.75 Å². The topological polar surface area (TPSA) is 76.4 Å². The molecule has 1 atom stereocenters. The zero-order valence-corrected chi connectivity index (χ0v) is 18.8. The molecule has 5 rings (SSSR count). The SMILES string of the molecule is COc1ccc(C2(C(=O)N3CCC(c4nnnn4C4CCCC4)(N(C)C)C3)CC2)cc1. The van der Waals surface area contributed by atoms with Gasteiger partial charge in [-0.1, -0.05) is 25.0 Å². The van der Waals surface area contributed by atoms with Crippen molar-refractivity contribution in [3.63, 3.8) is 0 Å². The number of ether oxygens (including phenoxy) is 1. The molecule has 31 heavy (non-hydrogen) atoms. The smallest absolute Gasteiger partial charge is 0.233 e. The van der Waals surface area contributed by atoms with Gasteiger partial charge in [0.1, 0.15) is 11.3 Å². The number of nitrogens with zero attached hydrogens (tertiary/aromatic N) is 6. The van der Waals surface area contributed by atoms with Gasteiger partial charge in [0.05, 0.1) is 18.6 Å². The highest BCUT2D eigenvalue weighted by molar-refractivity contribution is 5.91. The summed E-state index contributed by atoms with van der Waals surface area (Å²) in [5, 5.41) is 12.9. The van der Waals surface area contributed by atoms with Crippen LogP contribution in [0, 0.1) is 0 Å². The molecule has 0 spiro atoms. The number of amides is 1. The Labute approximate surface area is 183 Å². The Morgan fingerprint density at radius 3 is 2.45 bits per heavy atom. The van der Waals surface area contributed by atoms with Crippen LogP contribution in [0.5, 0.6) is 5.75 Å². The normalized spacial score (nSPS) is 25.4. The number of likely N-dealkylation sites (N-methyl/N-ethyl adjacent to an activating group) is 1. The van der Waals surface area contributed by atoms with E-state index in [4.69, 9.17) is 4.74 Å². The molecule has 2 aliphatic carbocycles. The summed E-state index contributed by atoms with van der Waals surface area (Å²) in [6.45, 7) is 1.36. The highest BCUT2D eigenvalue weighted by atomic mass is 16.5. The largest absolute Gasteiger partial charge is 0.497 e. The number of hydrogen-bond donors (Lipinski definition) is 0. The Bertz CT molecular complexity index is 945. The van der Waals surface area contributed by atoms with E-state index in [1.54, 1.807) is 7.11 Å². The fourth-order valence-corrected chi connectivity index (χ4v) is 5.57. The first kappa shape index (κ1) is 20.4. The van der Waals surface area contributed by atoms with E-state index in [2.05, 4.69) is 39.2 Å². The van der Waals surface area contributed by atoms with E-state index < -0.39 is 0 Å². The number of tetrazole rings is 1. The highest BCUT2D eigenvalue weighted by Gasteiger charge is 2.56. The molecule has 8 nitrogen and oxygen atoms in total. The second-order valence-electron chi connectivity index (χ2n) is 9.60. The minimum Gasteiger partial charge on any atom is -0.497 e. The fraction of sp³-hybridized carbons (Fsp3) is 0.652. The van der Waals surface area contributed by atoms with Crippen molar-refractivity contribution >= 4 is 5.91 Å². The van der Waals surface area contributed by atoms with Crippen LogP contribution < -0.4 is 4.74 Å². The second-order valence-corrected chi connectivity index (χ2v) is 9.60. The second kappa shape index (κ2) is 7.58. The van der Waals surface area contributed by atoms with Crippen molar-refractivity contribution in [2.75, 3.05) is 34.3 Å². The lowest BCUT2D eigenvalue weighted by molar-refractivity contribution is -0.133. The summed E-state index contributed by atoms with van der Waals surface area (Å²) in [7, 11) is 5.83. The average Bonchev–Trinajstić information content (AvgIpc) is 3.19.